The molecule has 170 valence electrons. The number of hydrogen-bond donors (Lipinski definition) is 2. The van der Waals surface area contributed by atoms with Crippen LogP contribution in [0.15, 0.2) is 52.3 Å². The predicted molar refractivity (Wildman–Crippen MR) is 122 cm³/mol. The van der Waals surface area contributed by atoms with Gasteiger partial charge >= 0.3 is 0 Å². The molecular formula is C21H22ClN3O5S2. The lowest BCUT2D eigenvalue weighted by atomic mass is 10.2. The third kappa shape index (κ3) is 5.26. The van der Waals surface area contributed by atoms with E-state index in [-0.39, 0.29) is 29.7 Å². The zero-order chi connectivity index (χ0) is 22.7. The zero-order valence-corrected chi connectivity index (χ0v) is 19.4. The van der Waals surface area contributed by atoms with Crippen molar-refractivity contribution < 1.29 is 22.7 Å². The quantitative estimate of drug-likeness (QED) is 0.638. The highest BCUT2D eigenvalue weighted by Crippen LogP contribution is 2.38. The lowest BCUT2D eigenvalue weighted by Gasteiger charge is -2.26. The number of rotatable bonds is 6. The van der Waals surface area contributed by atoms with E-state index in [2.05, 4.69) is 10.6 Å². The first-order valence-corrected chi connectivity index (χ1v) is 12.7. The van der Waals surface area contributed by atoms with E-state index in [1.165, 1.54) is 16.1 Å². The van der Waals surface area contributed by atoms with Gasteiger partial charge in [0, 0.05) is 36.0 Å². The number of fused-ring (bicyclic) bond motifs is 1. The Morgan fingerprint density at radius 3 is 2.62 bits per heavy atom. The number of carbonyl (C=O) groups is 2. The van der Waals surface area contributed by atoms with Gasteiger partial charge in [0.2, 0.25) is 21.8 Å². The number of nitrogens with one attached hydrogen (secondary N) is 2. The minimum Gasteiger partial charge on any atom is -0.379 e. The number of carbonyl (C=O) groups excluding carboxylic acids is 2. The molecule has 4 rings (SSSR count). The number of hydrogen-bond acceptors (Lipinski definition) is 6. The van der Waals surface area contributed by atoms with Gasteiger partial charge in [-0.1, -0.05) is 23.7 Å². The molecule has 11 heteroatoms. The van der Waals surface area contributed by atoms with Gasteiger partial charge in [0.15, 0.2) is 0 Å². The molecule has 0 radical (unpaired) electrons. The maximum Gasteiger partial charge on any atom is 0.243 e. The molecule has 8 nitrogen and oxygen atoms in total. The minimum atomic E-state index is -3.55. The highest BCUT2D eigenvalue weighted by Gasteiger charge is 2.29. The molecule has 2 aromatic rings. The monoisotopic (exact) mass is 495 g/mol. The molecule has 1 fully saturated rings. The second kappa shape index (κ2) is 9.80. The Morgan fingerprint density at radius 1 is 1.19 bits per heavy atom. The summed E-state index contributed by atoms with van der Waals surface area (Å²) >= 11 is 7.28. The van der Waals surface area contributed by atoms with Gasteiger partial charge in [-0.15, -0.1) is 11.8 Å². The maximum atomic E-state index is 12.7. The summed E-state index contributed by atoms with van der Waals surface area (Å²) < 4.78 is 32.0. The lowest BCUT2D eigenvalue weighted by Crippen LogP contribution is -2.40. The average molecular weight is 496 g/mol. The number of benzene rings is 2. The summed E-state index contributed by atoms with van der Waals surface area (Å²) in [5.74, 6) is -0.502. The minimum absolute atomic E-state index is 0.0298. The first-order chi connectivity index (χ1) is 15.3. The van der Waals surface area contributed by atoms with E-state index >= 15 is 0 Å². The Kier molecular flexibility index (Phi) is 7.06. The Bertz CT molecular complexity index is 1120. The van der Waals surface area contributed by atoms with Crippen LogP contribution in [0.5, 0.6) is 0 Å². The first-order valence-electron chi connectivity index (χ1n) is 10.0. The number of amides is 2. The van der Waals surface area contributed by atoms with Crippen LogP contribution in [0.2, 0.25) is 5.02 Å². The van der Waals surface area contributed by atoms with E-state index in [1.54, 1.807) is 36.4 Å². The second-order valence-electron chi connectivity index (χ2n) is 7.38. The van der Waals surface area contributed by atoms with Crippen molar-refractivity contribution in [3.63, 3.8) is 0 Å². The van der Waals surface area contributed by atoms with Crippen molar-refractivity contribution in [1.29, 1.82) is 0 Å². The number of thioether (sulfide) groups is 1. The summed E-state index contributed by atoms with van der Waals surface area (Å²) in [6.07, 6.45) is 0.0298. The fourth-order valence-electron chi connectivity index (χ4n) is 3.41. The van der Waals surface area contributed by atoms with Crippen LogP contribution >= 0.6 is 23.4 Å². The van der Waals surface area contributed by atoms with Crippen LogP contribution in [0.3, 0.4) is 0 Å². The van der Waals surface area contributed by atoms with Crippen LogP contribution in [-0.2, 0) is 30.9 Å². The molecule has 1 unspecified atom stereocenters. The molecule has 0 aromatic heterocycles. The van der Waals surface area contributed by atoms with Crippen LogP contribution in [0, 0.1) is 0 Å². The lowest BCUT2D eigenvalue weighted by molar-refractivity contribution is -0.124. The van der Waals surface area contributed by atoms with Gasteiger partial charge in [0.05, 0.1) is 29.0 Å². The van der Waals surface area contributed by atoms with Crippen molar-refractivity contribution in [1.82, 2.24) is 9.62 Å². The van der Waals surface area contributed by atoms with Crippen molar-refractivity contribution in [3.05, 3.63) is 53.1 Å². The number of morpholine rings is 1. The molecule has 2 amide bonds. The number of anilines is 1. The SMILES string of the molecule is O=C(CC1Sc2ccc(Cl)cc2NC1=O)NCc1ccc(S(=O)(=O)N2CCOCC2)cc1. The predicted octanol–water partition coefficient (Wildman–Crippen LogP) is 2.48. The molecule has 1 atom stereocenters. The molecule has 2 aromatic carbocycles. The van der Waals surface area contributed by atoms with Gasteiger partial charge < -0.3 is 15.4 Å². The fraction of sp³-hybridized carbons (Fsp3) is 0.333. The molecule has 2 aliphatic rings. The maximum absolute atomic E-state index is 12.7. The molecule has 0 saturated carbocycles. The summed E-state index contributed by atoms with van der Waals surface area (Å²) in [6.45, 7) is 1.69. The van der Waals surface area contributed by atoms with Gasteiger partial charge in [-0.2, -0.15) is 4.31 Å². The highest BCUT2D eigenvalue weighted by atomic mass is 35.5. The summed E-state index contributed by atoms with van der Waals surface area (Å²) in [5.41, 5.74) is 1.41. The third-order valence-corrected chi connectivity index (χ3v) is 8.58. The number of nitrogens with zero attached hydrogens (tertiary/aromatic N) is 1. The topological polar surface area (TPSA) is 105 Å². The smallest absolute Gasteiger partial charge is 0.243 e. The number of ether oxygens (including phenoxy) is 1. The molecule has 2 N–H and O–H groups in total. The van der Waals surface area contributed by atoms with E-state index in [1.807, 2.05) is 6.07 Å². The first kappa shape index (κ1) is 23.1. The Morgan fingerprint density at radius 2 is 1.91 bits per heavy atom. The second-order valence-corrected chi connectivity index (χ2v) is 11.0. The molecule has 0 spiro atoms. The van der Waals surface area contributed by atoms with Crippen LogP contribution in [0.4, 0.5) is 5.69 Å². The van der Waals surface area contributed by atoms with E-state index < -0.39 is 15.3 Å². The van der Waals surface area contributed by atoms with Gasteiger partial charge in [0.1, 0.15) is 0 Å². The van der Waals surface area contributed by atoms with Crippen molar-refractivity contribution in [2.75, 3.05) is 31.6 Å². The van der Waals surface area contributed by atoms with Crippen LogP contribution in [0.25, 0.3) is 0 Å². The molecule has 0 aliphatic carbocycles. The molecule has 2 aliphatic heterocycles. The molecule has 0 bridgehead atoms. The van der Waals surface area contributed by atoms with E-state index in [0.717, 1.165) is 10.5 Å². The number of halogens is 1. The molecular weight excluding hydrogens is 474 g/mol. The summed E-state index contributed by atoms with van der Waals surface area (Å²) in [4.78, 5) is 25.8. The molecule has 32 heavy (non-hydrogen) atoms. The summed E-state index contributed by atoms with van der Waals surface area (Å²) in [6, 6.07) is 11.7. The largest absolute Gasteiger partial charge is 0.379 e. The van der Waals surface area contributed by atoms with E-state index in [9.17, 15) is 18.0 Å². The van der Waals surface area contributed by atoms with Crippen LogP contribution in [0.1, 0.15) is 12.0 Å². The van der Waals surface area contributed by atoms with Gasteiger partial charge in [-0.05, 0) is 35.9 Å². The van der Waals surface area contributed by atoms with Crippen molar-refractivity contribution >= 4 is 50.9 Å². The van der Waals surface area contributed by atoms with E-state index in [0.29, 0.717) is 37.0 Å². The summed E-state index contributed by atoms with van der Waals surface area (Å²) in [7, 11) is -3.55. The van der Waals surface area contributed by atoms with Crippen molar-refractivity contribution in [2.24, 2.45) is 0 Å². The van der Waals surface area contributed by atoms with Crippen molar-refractivity contribution in [2.45, 2.75) is 28.0 Å². The standard InChI is InChI=1S/C21H22ClN3O5S2/c22-15-3-6-18-17(11-15)24-21(27)19(31-18)12-20(26)23-13-14-1-4-16(5-2-14)32(28,29)25-7-9-30-10-8-25/h1-6,11,19H,7-10,12-13H2,(H,23,26)(H,24,27). The number of sulfonamides is 1. The Hall–Kier alpha value is -2.11. The van der Waals surface area contributed by atoms with Gasteiger partial charge in [-0.25, -0.2) is 8.42 Å². The third-order valence-electron chi connectivity index (χ3n) is 5.15. The van der Waals surface area contributed by atoms with E-state index in [4.69, 9.17) is 16.3 Å². The zero-order valence-electron chi connectivity index (χ0n) is 17.0. The Balaban J connectivity index is 1.31. The Labute approximate surface area is 195 Å². The molecule has 1 saturated heterocycles. The van der Waals surface area contributed by atoms with Crippen LogP contribution < -0.4 is 10.6 Å². The van der Waals surface area contributed by atoms with Crippen LogP contribution in [-0.4, -0.2) is 56.1 Å². The fourth-order valence-corrected chi connectivity index (χ4v) is 6.08. The average Bonchev–Trinajstić information content (AvgIpc) is 2.79. The normalized spacial score (nSPS) is 19.2. The van der Waals surface area contributed by atoms with Gasteiger partial charge in [0.25, 0.3) is 0 Å². The highest BCUT2D eigenvalue weighted by molar-refractivity contribution is 8.01. The van der Waals surface area contributed by atoms with Crippen molar-refractivity contribution in [3.8, 4) is 0 Å². The van der Waals surface area contributed by atoms with Gasteiger partial charge in [-0.3, -0.25) is 9.59 Å². The molecule has 2 heterocycles. The summed E-state index contributed by atoms with van der Waals surface area (Å²) in [5, 5.41) is 5.57.